The molecule has 2 rings (SSSR count). The van der Waals surface area contributed by atoms with E-state index in [2.05, 4.69) is 46.9 Å². The highest BCUT2D eigenvalue weighted by molar-refractivity contribution is 5.75. The van der Waals surface area contributed by atoms with Gasteiger partial charge in [-0.05, 0) is 32.9 Å². The Morgan fingerprint density at radius 2 is 2.16 bits per heavy atom. The first-order valence-electron chi connectivity index (χ1n) is 6.95. The number of ether oxygens (including phenoxy) is 1. The van der Waals surface area contributed by atoms with Gasteiger partial charge in [-0.3, -0.25) is 0 Å². The minimum absolute atomic E-state index is 0.384. The zero-order valence-corrected chi connectivity index (χ0v) is 12.0. The molecule has 1 aromatic carbocycles. The third-order valence-corrected chi connectivity index (χ3v) is 3.25. The smallest absolute Gasteiger partial charge is 0.106 e. The molecule has 0 amide bonds. The summed E-state index contributed by atoms with van der Waals surface area (Å²) in [5.74, 6) is 1.07. The van der Waals surface area contributed by atoms with Crippen molar-refractivity contribution < 1.29 is 4.74 Å². The van der Waals surface area contributed by atoms with E-state index in [0.29, 0.717) is 6.04 Å². The van der Waals surface area contributed by atoms with E-state index in [-0.39, 0.29) is 0 Å². The second-order valence-corrected chi connectivity index (χ2v) is 4.81. The van der Waals surface area contributed by atoms with Gasteiger partial charge in [-0.25, -0.2) is 4.98 Å². The molecule has 1 atom stereocenters. The van der Waals surface area contributed by atoms with Gasteiger partial charge in [0.15, 0.2) is 0 Å². The van der Waals surface area contributed by atoms with Gasteiger partial charge in [0.25, 0.3) is 0 Å². The normalized spacial score (nSPS) is 13.0. The highest BCUT2D eigenvalue weighted by Crippen LogP contribution is 2.14. The van der Waals surface area contributed by atoms with Crippen LogP contribution >= 0.6 is 0 Å². The van der Waals surface area contributed by atoms with Crippen LogP contribution < -0.4 is 5.32 Å². The molecule has 0 bridgehead atoms. The van der Waals surface area contributed by atoms with Crippen LogP contribution in [-0.2, 0) is 11.3 Å². The van der Waals surface area contributed by atoms with Crippen LogP contribution in [0.1, 0.15) is 19.7 Å². The second kappa shape index (κ2) is 6.68. The average Bonchev–Trinajstić information content (AvgIpc) is 2.73. The van der Waals surface area contributed by atoms with Crippen molar-refractivity contribution in [2.24, 2.45) is 0 Å². The fourth-order valence-corrected chi connectivity index (χ4v) is 2.25. The summed E-state index contributed by atoms with van der Waals surface area (Å²) in [7, 11) is 0. The maximum absolute atomic E-state index is 5.40. The van der Waals surface area contributed by atoms with Crippen molar-refractivity contribution in [3.63, 3.8) is 0 Å². The molecular weight excluding hydrogens is 238 g/mol. The predicted molar refractivity (Wildman–Crippen MR) is 78.4 cm³/mol. The lowest BCUT2D eigenvalue weighted by molar-refractivity contribution is 0.127. The number of hydrogen-bond donors (Lipinski definition) is 1. The van der Waals surface area contributed by atoms with Crippen LogP contribution in [0.15, 0.2) is 24.3 Å². The van der Waals surface area contributed by atoms with E-state index >= 15 is 0 Å². The number of nitrogens with zero attached hydrogens (tertiary/aromatic N) is 2. The van der Waals surface area contributed by atoms with E-state index in [1.807, 2.05) is 13.0 Å². The number of nitrogens with one attached hydrogen (secondary N) is 1. The van der Waals surface area contributed by atoms with Crippen molar-refractivity contribution in [2.75, 3.05) is 19.8 Å². The molecule has 2 aromatic rings. The van der Waals surface area contributed by atoms with Crippen LogP contribution in [0.5, 0.6) is 0 Å². The molecule has 4 nitrogen and oxygen atoms in total. The molecule has 0 fully saturated rings. The van der Waals surface area contributed by atoms with Gasteiger partial charge in [0, 0.05) is 25.7 Å². The number of para-hydroxylation sites is 2. The quantitative estimate of drug-likeness (QED) is 0.831. The number of aromatic nitrogens is 2. The zero-order chi connectivity index (χ0) is 13.7. The molecule has 19 heavy (non-hydrogen) atoms. The van der Waals surface area contributed by atoms with Crippen LogP contribution in [0.25, 0.3) is 11.0 Å². The van der Waals surface area contributed by atoms with Crippen LogP contribution in [-0.4, -0.2) is 35.4 Å². The molecule has 4 heteroatoms. The summed E-state index contributed by atoms with van der Waals surface area (Å²) >= 11 is 0. The highest BCUT2D eigenvalue weighted by atomic mass is 16.5. The SMILES string of the molecule is CCOCC(C)NCCn1c(C)nc2ccccc21. The summed E-state index contributed by atoms with van der Waals surface area (Å²) in [6.45, 7) is 9.63. The molecule has 0 aliphatic carbocycles. The highest BCUT2D eigenvalue weighted by Gasteiger charge is 2.06. The van der Waals surface area contributed by atoms with Crippen LogP contribution in [0, 0.1) is 6.92 Å². The topological polar surface area (TPSA) is 39.1 Å². The molecule has 0 saturated heterocycles. The number of hydrogen-bond acceptors (Lipinski definition) is 3. The fourth-order valence-electron chi connectivity index (χ4n) is 2.25. The summed E-state index contributed by atoms with van der Waals surface area (Å²) < 4.78 is 7.66. The Morgan fingerprint density at radius 1 is 1.37 bits per heavy atom. The Balaban J connectivity index is 1.93. The van der Waals surface area contributed by atoms with Crippen molar-refractivity contribution >= 4 is 11.0 Å². The molecule has 0 aliphatic heterocycles. The number of aryl methyl sites for hydroxylation is 1. The van der Waals surface area contributed by atoms with E-state index < -0.39 is 0 Å². The van der Waals surface area contributed by atoms with Gasteiger partial charge in [-0.15, -0.1) is 0 Å². The summed E-state index contributed by atoms with van der Waals surface area (Å²) in [4.78, 5) is 4.57. The molecule has 104 valence electrons. The average molecular weight is 261 g/mol. The zero-order valence-electron chi connectivity index (χ0n) is 12.0. The summed E-state index contributed by atoms with van der Waals surface area (Å²) in [5, 5.41) is 3.47. The minimum atomic E-state index is 0.384. The van der Waals surface area contributed by atoms with Crippen molar-refractivity contribution in [1.82, 2.24) is 14.9 Å². The second-order valence-electron chi connectivity index (χ2n) is 4.81. The van der Waals surface area contributed by atoms with Gasteiger partial charge in [0.05, 0.1) is 17.6 Å². The van der Waals surface area contributed by atoms with Gasteiger partial charge >= 0.3 is 0 Å². The number of rotatable bonds is 7. The lowest BCUT2D eigenvalue weighted by Gasteiger charge is -2.14. The Kier molecular flexibility index (Phi) is 4.93. The Morgan fingerprint density at radius 3 is 2.95 bits per heavy atom. The molecule has 1 heterocycles. The van der Waals surface area contributed by atoms with Crippen LogP contribution in [0.2, 0.25) is 0 Å². The van der Waals surface area contributed by atoms with Gasteiger partial charge in [-0.1, -0.05) is 12.1 Å². The molecule has 0 saturated carbocycles. The maximum atomic E-state index is 5.40. The lowest BCUT2D eigenvalue weighted by atomic mass is 10.3. The maximum Gasteiger partial charge on any atom is 0.106 e. The number of imidazole rings is 1. The van der Waals surface area contributed by atoms with Crippen molar-refractivity contribution in [2.45, 2.75) is 33.4 Å². The lowest BCUT2D eigenvalue weighted by Crippen LogP contribution is -2.33. The first-order valence-corrected chi connectivity index (χ1v) is 6.95. The molecular formula is C15H23N3O. The summed E-state index contributed by atoms with van der Waals surface area (Å²) in [6, 6.07) is 8.66. The predicted octanol–water partition coefficient (Wildman–Crippen LogP) is 2.36. The number of benzene rings is 1. The van der Waals surface area contributed by atoms with Gasteiger partial charge in [0.2, 0.25) is 0 Å². The molecule has 1 aromatic heterocycles. The van der Waals surface area contributed by atoms with Gasteiger partial charge < -0.3 is 14.6 Å². The third kappa shape index (κ3) is 3.55. The fraction of sp³-hybridized carbons (Fsp3) is 0.533. The Bertz CT molecular complexity index is 521. The van der Waals surface area contributed by atoms with E-state index in [1.165, 1.54) is 5.52 Å². The first kappa shape index (κ1) is 14.0. The minimum Gasteiger partial charge on any atom is -0.380 e. The summed E-state index contributed by atoms with van der Waals surface area (Å²) in [6.07, 6.45) is 0. The van der Waals surface area contributed by atoms with Crippen molar-refractivity contribution in [1.29, 1.82) is 0 Å². The molecule has 0 spiro atoms. The first-order chi connectivity index (χ1) is 9.22. The third-order valence-electron chi connectivity index (χ3n) is 3.25. The van der Waals surface area contributed by atoms with Crippen LogP contribution in [0.4, 0.5) is 0 Å². The van der Waals surface area contributed by atoms with Gasteiger partial charge in [-0.2, -0.15) is 0 Å². The molecule has 0 radical (unpaired) electrons. The Labute approximate surface area is 114 Å². The van der Waals surface area contributed by atoms with E-state index in [4.69, 9.17) is 4.74 Å². The molecule has 0 aliphatic rings. The van der Waals surface area contributed by atoms with Crippen molar-refractivity contribution in [3.05, 3.63) is 30.1 Å². The standard InChI is InChI=1S/C15H23N3O/c1-4-19-11-12(2)16-9-10-18-13(3)17-14-7-5-6-8-15(14)18/h5-8,12,16H,4,9-11H2,1-3H3. The molecule has 1 unspecified atom stereocenters. The van der Waals surface area contributed by atoms with Crippen molar-refractivity contribution in [3.8, 4) is 0 Å². The molecule has 1 N–H and O–H groups in total. The number of fused-ring (bicyclic) bond motifs is 1. The largest absolute Gasteiger partial charge is 0.380 e. The van der Waals surface area contributed by atoms with E-state index in [1.54, 1.807) is 0 Å². The van der Waals surface area contributed by atoms with Gasteiger partial charge in [0.1, 0.15) is 5.82 Å². The monoisotopic (exact) mass is 261 g/mol. The summed E-state index contributed by atoms with van der Waals surface area (Å²) in [5.41, 5.74) is 2.28. The van der Waals surface area contributed by atoms with E-state index in [9.17, 15) is 0 Å². The Hall–Kier alpha value is -1.39. The van der Waals surface area contributed by atoms with Crippen LogP contribution in [0.3, 0.4) is 0 Å². The van der Waals surface area contributed by atoms with E-state index in [0.717, 1.165) is 37.6 Å².